The summed E-state index contributed by atoms with van der Waals surface area (Å²) in [6.07, 6.45) is -4.58. The molecule has 1 atom stereocenters. The molecule has 1 heterocycles. The Morgan fingerprint density at radius 1 is 1.19 bits per heavy atom. The quantitative estimate of drug-likeness (QED) is 0.745. The number of aryl methyl sites for hydroxylation is 1. The van der Waals surface area contributed by atoms with Gasteiger partial charge in [0.2, 0.25) is 10.9 Å². The second-order valence-corrected chi connectivity index (χ2v) is 6.46. The molecule has 0 aliphatic heterocycles. The summed E-state index contributed by atoms with van der Waals surface area (Å²) >= 11 is 0. The van der Waals surface area contributed by atoms with Crippen LogP contribution in [0.2, 0.25) is 0 Å². The van der Waals surface area contributed by atoms with Crippen molar-refractivity contribution in [3.63, 3.8) is 0 Å². The largest absolute Gasteiger partial charge is 0.416 e. The van der Waals surface area contributed by atoms with E-state index >= 15 is 0 Å². The number of aromatic nitrogens is 2. The van der Waals surface area contributed by atoms with Gasteiger partial charge in [0.15, 0.2) is 0 Å². The molecule has 0 radical (unpaired) electrons. The smallest absolute Gasteiger partial charge is 0.269 e. The van der Waals surface area contributed by atoms with Crippen molar-refractivity contribution in [1.82, 2.24) is 13.9 Å². The highest BCUT2D eigenvalue weighted by molar-refractivity contribution is 7.70. The molecule has 2 aromatic rings. The minimum atomic E-state index is -4.58. The van der Waals surface area contributed by atoms with Crippen molar-refractivity contribution < 1.29 is 21.6 Å². The van der Waals surface area contributed by atoms with E-state index in [0.29, 0.717) is 0 Å². The second-order valence-electron chi connectivity index (χ2n) is 5.63. The molecule has 2 rings (SSSR count). The zero-order valence-corrected chi connectivity index (χ0v) is 14.7. The third kappa shape index (κ3) is 4.22. The lowest BCUT2D eigenvalue weighted by Gasteiger charge is -2.18. The summed E-state index contributed by atoms with van der Waals surface area (Å²) in [6.45, 7) is 2.66. The predicted molar refractivity (Wildman–Crippen MR) is 89.1 cm³/mol. The Morgan fingerprint density at radius 2 is 1.85 bits per heavy atom. The Morgan fingerprint density at radius 3 is 2.42 bits per heavy atom. The number of benzene rings is 1. The average molecular weight is 391 g/mol. The molecule has 0 amide bonds. The molecule has 0 saturated carbocycles. The van der Waals surface area contributed by atoms with E-state index in [1.807, 2.05) is 0 Å². The summed E-state index contributed by atoms with van der Waals surface area (Å²) in [5.74, 6) is 0. The lowest BCUT2D eigenvalue weighted by Crippen LogP contribution is -2.43. The van der Waals surface area contributed by atoms with Crippen LogP contribution in [0.15, 0.2) is 39.9 Å². The summed E-state index contributed by atoms with van der Waals surface area (Å²) in [7, 11) is -2.92. The third-order valence-electron chi connectivity index (χ3n) is 3.71. The summed E-state index contributed by atoms with van der Waals surface area (Å²) < 4.78 is 63.9. The van der Waals surface area contributed by atoms with Crippen molar-refractivity contribution in [1.29, 1.82) is 0 Å². The lowest BCUT2D eigenvalue weighted by atomic mass is 10.2. The molecule has 26 heavy (non-hydrogen) atoms. The van der Waals surface area contributed by atoms with Crippen LogP contribution < -0.4 is 16.0 Å². The van der Waals surface area contributed by atoms with Crippen LogP contribution in [0.25, 0.3) is 5.69 Å². The van der Waals surface area contributed by atoms with Crippen LogP contribution in [0.4, 0.5) is 13.2 Å². The Labute approximate surface area is 147 Å². The van der Waals surface area contributed by atoms with Gasteiger partial charge in [-0.2, -0.15) is 13.2 Å². The minimum Gasteiger partial charge on any atom is -0.269 e. The van der Waals surface area contributed by atoms with Crippen LogP contribution in [0.3, 0.4) is 0 Å². The van der Waals surface area contributed by atoms with Crippen LogP contribution in [0.1, 0.15) is 24.2 Å². The summed E-state index contributed by atoms with van der Waals surface area (Å²) in [4.78, 5) is 24.9. The molecule has 0 saturated heterocycles. The molecule has 0 unspecified atom stereocenters. The van der Waals surface area contributed by atoms with Crippen molar-refractivity contribution in [2.24, 2.45) is 0 Å². The van der Waals surface area contributed by atoms with Crippen molar-refractivity contribution >= 4 is 10.9 Å². The summed E-state index contributed by atoms with van der Waals surface area (Å²) in [5.41, 5.74) is -2.36. The Bertz CT molecular complexity index is 1000. The summed E-state index contributed by atoms with van der Waals surface area (Å²) in [5, 5.41) is 0. The highest BCUT2D eigenvalue weighted by atomic mass is 32.2. The molecule has 1 aromatic heterocycles. The van der Waals surface area contributed by atoms with Crippen LogP contribution in [0, 0.1) is 6.92 Å². The first-order valence-corrected chi connectivity index (χ1v) is 8.61. The molecular formula is C15H16F3N3O4S. The Kier molecular flexibility index (Phi) is 5.71. The van der Waals surface area contributed by atoms with Crippen molar-refractivity contribution in [2.75, 3.05) is 6.54 Å². The minimum absolute atomic E-state index is 0.0499. The fourth-order valence-electron chi connectivity index (χ4n) is 2.50. The van der Waals surface area contributed by atoms with Crippen LogP contribution in [0.5, 0.6) is 0 Å². The number of thiol groups is 1. The van der Waals surface area contributed by atoms with E-state index in [2.05, 4.69) is 4.72 Å². The maximum atomic E-state index is 12.9. The number of nitrogens with zero attached hydrogens (tertiary/aromatic N) is 2. The zero-order valence-electron chi connectivity index (χ0n) is 13.8. The van der Waals surface area contributed by atoms with E-state index in [1.54, 1.807) is 0 Å². The van der Waals surface area contributed by atoms with Gasteiger partial charge in [0, 0.05) is 18.3 Å². The maximum absolute atomic E-state index is 12.9. The second kappa shape index (κ2) is 7.46. The summed E-state index contributed by atoms with van der Waals surface area (Å²) in [6, 6.07) is 4.43. The molecule has 0 aliphatic rings. The van der Waals surface area contributed by atoms with Crippen LogP contribution >= 0.6 is 0 Å². The molecule has 1 N–H and O–H groups in total. The topological polar surface area (TPSA) is 90.2 Å². The molecule has 11 heteroatoms. The first-order valence-electron chi connectivity index (χ1n) is 7.43. The van der Waals surface area contributed by atoms with Gasteiger partial charge in [-0.25, -0.2) is 17.9 Å². The highest BCUT2D eigenvalue weighted by Crippen LogP contribution is 2.30. The highest BCUT2D eigenvalue weighted by Gasteiger charge is 2.30. The van der Waals surface area contributed by atoms with Gasteiger partial charge in [-0.1, -0.05) is 6.07 Å². The molecule has 7 nitrogen and oxygen atoms in total. The third-order valence-corrected chi connectivity index (χ3v) is 4.15. The van der Waals surface area contributed by atoms with Crippen molar-refractivity contribution in [3.05, 3.63) is 62.4 Å². The molecule has 0 spiro atoms. The molecule has 0 aliphatic carbocycles. The Balaban J connectivity index is 2.63. The molecule has 142 valence electrons. The van der Waals surface area contributed by atoms with Crippen molar-refractivity contribution in [3.8, 4) is 5.69 Å². The fourth-order valence-corrected chi connectivity index (χ4v) is 2.92. The van der Waals surface area contributed by atoms with Gasteiger partial charge < -0.3 is 0 Å². The van der Waals surface area contributed by atoms with E-state index < -0.39 is 39.9 Å². The normalized spacial score (nSPS) is 13.2. The predicted octanol–water partition coefficient (Wildman–Crippen LogP) is 1.00. The molecule has 1 aromatic carbocycles. The van der Waals surface area contributed by atoms with Gasteiger partial charge in [0.1, 0.15) is 0 Å². The number of rotatable bonds is 5. The number of hydrogen-bond acceptors (Lipinski definition) is 4. The standard InChI is InChI=1S/C15H16F3N3O4S/c1-9-6-13(22)21(10(2)8-19-26(24)25)14(23)20(9)12-5-3-4-11(7-12)15(16,17)18/h3-7,10,26H,8H2,1-2H3,(H,19,24,25)/t10-/m1/s1. The van der Waals surface area contributed by atoms with Gasteiger partial charge in [-0.15, -0.1) is 0 Å². The number of halogens is 3. The van der Waals surface area contributed by atoms with Gasteiger partial charge in [-0.05, 0) is 32.0 Å². The van der Waals surface area contributed by atoms with Crippen LogP contribution in [-0.2, 0) is 17.1 Å². The van der Waals surface area contributed by atoms with E-state index in [9.17, 15) is 31.2 Å². The average Bonchev–Trinajstić information content (AvgIpc) is 2.52. The first-order chi connectivity index (χ1) is 12.0. The molecule has 0 bridgehead atoms. The fraction of sp³-hybridized carbons (Fsp3) is 0.333. The maximum Gasteiger partial charge on any atom is 0.416 e. The van der Waals surface area contributed by atoms with E-state index in [1.165, 1.54) is 19.9 Å². The van der Waals surface area contributed by atoms with Gasteiger partial charge in [-0.3, -0.25) is 13.9 Å². The van der Waals surface area contributed by atoms with E-state index in [-0.39, 0.29) is 17.9 Å². The van der Waals surface area contributed by atoms with Crippen molar-refractivity contribution in [2.45, 2.75) is 26.1 Å². The van der Waals surface area contributed by atoms with E-state index in [0.717, 1.165) is 33.4 Å². The number of nitrogens with one attached hydrogen (secondary N) is 1. The zero-order chi connectivity index (χ0) is 19.6. The SMILES string of the molecule is Cc1cc(=O)n([C@H](C)CN[SH](=O)=O)c(=O)n1-c1cccc(C(F)(F)F)c1. The number of alkyl halides is 3. The van der Waals surface area contributed by atoms with Crippen LogP contribution in [-0.4, -0.2) is 24.1 Å². The van der Waals surface area contributed by atoms with E-state index in [4.69, 9.17) is 0 Å². The molecule has 0 fully saturated rings. The monoisotopic (exact) mass is 391 g/mol. The van der Waals surface area contributed by atoms with Gasteiger partial charge in [0.05, 0.1) is 17.3 Å². The number of hydrogen-bond donors (Lipinski definition) is 2. The van der Waals surface area contributed by atoms with Gasteiger partial charge in [0.25, 0.3) is 5.56 Å². The first kappa shape index (κ1) is 19.9. The molecular weight excluding hydrogens is 375 g/mol. The Hall–Kier alpha value is -2.40. The van der Waals surface area contributed by atoms with Gasteiger partial charge >= 0.3 is 11.9 Å². The lowest BCUT2D eigenvalue weighted by molar-refractivity contribution is -0.137.